The number of hydrogen-bond acceptors (Lipinski definition) is 3. The maximum atomic E-state index is 14.2. The van der Waals surface area contributed by atoms with Crippen LogP contribution in [0.25, 0.3) is 0 Å². The molecule has 4 heteroatoms. The van der Waals surface area contributed by atoms with E-state index in [0.29, 0.717) is 17.5 Å². The highest BCUT2D eigenvalue weighted by molar-refractivity contribution is 5.50. The summed E-state index contributed by atoms with van der Waals surface area (Å²) in [7, 11) is 2.07. The summed E-state index contributed by atoms with van der Waals surface area (Å²) in [5.74, 6) is -0.240. The molecule has 0 amide bonds. The van der Waals surface area contributed by atoms with Gasteiger partial charge in [0.1, 0.15) is 17.2 Å². The molecule has 0 aromatic heterocycles. The largest absolute Gasteiger partial charge is 0.508 e. The van der Waals surface area contributed by atoms with Gasteiger partial charge < -0.3 is 15.1 Å². The van der Waals surface area contributed by atoms with Gasteiger partial charge in [0.15, 0.2) is 0 Å². The number of nitrogens with zero attached hydrogens (tertiary/aromatic N) is 1. The summed E-state index contributed by atoms with van der Waals surface area (Å²) in [6, 6.07) is 2.67. The Kier molecular flexibility index (Phi) is 3.30. The van der Waals surface area contributed by atoms with Gasteiger partial charge in [0, 0.05) is 11.0 Å². The Hall–Kier alpha value is -1.13. The van der Waals surface area contributed by atoms with Crippen molar-refractivity contribution in [2.45, 2.75) is 38.7 Å². The van der Waals surface area contributed by atoms with Crippen LogP contribution in [-0.2, 0) is 12.0 Å². The van der Waals surface area contributed by atoms with Crippen LogP contribution in [0.1, 0.15) is 37.8 Å². The second kappa shape index (κ2) is 4.68. The fourth-order valence-electron chi connectivity index (χ4n) is 4.31. The lowest BCUT2D eigenvalue weighted by molar-refractivity contribution is -0.122. The Morgan fingerprint density at radius 1 is 1.24 bits per heavy atom. The van der Waals surface area contributed by atoms with E-state index in [1.807, 2.05) is 13.8 Å². The van der Waals surface area contributed by atoms with Gasteiger partial charge >= 0.3 is 0 Å². The number of aromatic hydroxyl groups is 1. The molecule has 116 valence electrons. The monoisotopic (exact) mass is 293 g/mol. The van der Waals surface area contributed by atoms with Crippen molar-refractivity contribution in [2.75, 3.05) is 20.1 Å². The molecule has 1 atom stereocenters. The first-order valence-corrected chi connectivity index (χ1v) is 7.69. The van der Waals surface area contributed by atoms with Crippen LogP contribution in [0.4, 0.5) is 4.39 Å². The van der Waals surface area contributed by atoms with Crippen molar-refractivity contribution in [1.29, 1.82) is 0 Å². The van der Waals surface area contributed by atoms with E-state index in [1.165, 1.54) is 12.1 Å². The first kappa shape index (κ1) is 14.8. The molecule has 3 rings (SSSR count). The van der Waals surface area contributed by atoms with E-state index in [4.69, 9.17) is 0 Å². The summed E-state index contributed by atoms with van der Waals surface area (Å²) in [5.41, 5.74) is -0.714. The summed E-state index contributed by atoms with van der Waals surface area (Å²) in [4.78, 5) is 2.24. The minimum atomic E-state index is -1.16. The highest BCUT2D eigenvalue weighted by Crippen LogP contribution is 2.58. The van der Waals surface area contributed by atoms with Crippen molar-refractivity contribution in [3.63, 3.8) is 0 Å². The number of hydrogen-bond donors (Lipinski definition) is 2. The summed E-state index contributed by atoms with van der Waals surface area (Å²) < 4.78 is 14.2. The maximum Gasteiger partial charge on any atom is 0.127 e. The van der Waals surface area contributed by atoms with Crippen LogP contribution in [0.3, 0.4) is 0 Å². The molecule has 0 saturated carbocycles. The number of phenolic OH excluding ortho intramolecular Hbond substituents is 1. The molecule has 0 spiro atoms. The first-order valence-electron chi connectivity index (χ1n) is 7.69. The number of aliphatic hydroxyl groups is 1. The van der Waals surface area contributed by atoms with Gasteiger partial charge in [-0.3, -0.25) is 0 Å². The third-order valence-electron chi connectivity index (χ3n) is 5.57. The van der Waals surface area contributed by atoms with Gasteiger partial charge in [0.2, 0.25) is 0 Å². The van der Waals surface area contributed by atoms with E-state index in [0.717, 1.165) is 25.9 Å². The lowest BCUT2D eigenvalue weighted by atomic mass is 9.65. The fraction of sp³-hybridized carbons (Fsp3) is 0.647. The third kappa shape index (κ3) is 2.00. The Morgan fingerprint density at radius 2 is 1.86 bits per heavy atom. The standard InChI is InChI=1S/C17H24FNO2/c1-16(2)10-12-13(18)4-5-14(20)15(12)17(16,21)11-6-8-19(3)9-7-11/h4-5,11,20-21H,6-10H2,1-3H3. The number of fused-ring (bicyclic) bond motifs is 1. The van der Waals surface area contributed by atoms with Crippen LogP contribution in [0.5, 0.6) is 5.75 Å². The normalized spacial score (nSPS) is 29.6. The van der Waals surface area contributed by atoms with Gasteiger partial charge in [0.25, 0.3) is 0 Å². The van der Waals surface area contributed by atoms with Crippen molar-refractivity contribution in [1.82, 2.24) is 4.90 Å². The Labute approximate surface area is 125 Å². The number of likely N-dealkylation sites (tertiary alicyclic amines) is 1. The average Bonchev–Trinajstić information content (AvgIpc) is 2.64. The van der Waals surface area contributed by atoms with Crippen molar-refractivity contribution in [3.8, 4) is 5.75 Å². The molecule has 1 aliphatic carbocycles. The van der Waals surface area contributed by atoms with Crippen LogP contribution >= 0.6 is 0 Å². The van der Waals surface area contributed by atoms with Crippen LogP contribution < -0.4 is 0 Å². The van der Waals surface area contributed by atoms with Crippen molar-refractivity contribution >= 4 is 0 Å². The predicted molar refractivity (Wildman–Crippen MR) is 79.7 cm³/mol. The quantitative estimate of drug-likeness (QED) is 0.836. The molecule has 1 fully saturated rings. The highest BCUT2D eigenvalue weighted by Gasteiger charge is 2.57. The SMILES string of the molecule is CN1CCC(C2(O)c3c(O)ccc(F)c3CC2(C)C)CC1. The molecule has 1 unspecified atom stereocenters. The Morgan fingerprint density at radius 3 is 2.48 bits per heavy atom. The molecule has 3 nitrogen and oxygen atoms in total. The number of piperidine rings is 1. The second-order valence-corrected chi connectivity index (χ2v) is 7.32. The molecule has 1 aliphatic heterocycles. The molecule has 2 aliphatic rings. The molecule has 1 heterocycles. The zero-order valence-electron chi connectivity index (χ0n) is 13.0. The molecule has 2 N–H and O–H groups in total. The number of benzene rings is 1. The fourth-order valence-corrected chi connectivity index (χ4v) is 4.31. The van der Waals surface area contributed by atoms with E-state index in [-0.39, 0.29) is 17.5 Å². The second-order valence-electron chi connectivity index (χ2n) is 7.32. The summed E-state index contributed by atoms with van der Waals surface area (Å²) in [6.45, 7) is 5.80. The molecule has 0 bridgehead atoms. The van der Waals surface area contributed by atoms with Gasteiger partial charge in [0.05, 0.1) is 0 Å². The van der Waals surface area contributed by atoms with E-state index < -0.39 is 11.0 Å². The van der Waals surface area contributed by atoms with Gasteiger partial charge in [-0.25, -0.2) is 4.39 Å². The van der Waals surface area contributed by atoms with Crippen molar-refractivity contribution < 1.29 is 14.6 Å². The van der Waals surface area contributed by atoms with E-state index in [1.54, 1.807) is 0 Å². The summed E-state index contributed by atoms with van der Waals surface area (Å²) >= 11 is 0. The van der Waals surface area contributed by atoms with Crippen LogP contribution in [0.2, 0.25) is 0 Å². The van der Waals surface area contributed by atoms with E-state index >= 15 is 0 Å². The molecular formula is C17H24FNO2. The molecule has 0 radical (unpaired) electrons. The molecule has 1 aromatic rings. The van der Waals surface area contributed by atoms with Gasteiger partial charge in [-0.15, -0.1) is 0 Å². The summed E-state index contributed by atoms with van der Waals surface area (Å²) in [5, 5.41) is 21.8. The zero-order chi connectivity index (χ0) is 15.4. The third-order valence-corrected chi connectivity index (χ3v) is 5.57. The summed E-state index contributed by atoms with van der Waals surface area (Å²) in [6.07, 6.45) is 2.20. The molecule has 1 saturated heterocycles. The Bertz CT molecular complexity index is 564. The van der Waals surface area contributed by atoms with Crippen LogP contribution in [-0.4, -0.2) is 35.3 Å². The lowest BCUT2D eigenvalue weighted by Gasteiger charge is -2.46. The van der Waals surface area contributed by atoms with E-state index in [9.17, 15) is 14.6 Å². The van der Waals surface area contributed by atoms with Crippen LogP contribution in [0.15, 0.2) is 12.1 Å². The predicted octanol–water partition coefficient (Wildman–Crippen LogP) is 2.64. The van der Waals surface area contributed by atoms with Gasteiger partial charge in [-0.1, -0.05) is 13.8 Å². The topological polar surface area (TPSA) is 43.7 Å². The van der Waals surface area contributed by atoms with Gasteiger partial charge in [-0.05, 0) is 63.0 Å². The van der Waals surface area contributed by atoms with Crippen molar-refractivity contribution in [3.05, 3.63) is 29.1 Å². The maximum absolute atomic E-state index is 14.2. The zero-order valence-corrected chi connectivity index (χ0v) is 13.0. The highest BCUT2D eigenvalue weighted by atomic mass is 19.1. The minimum Gasteiger partial charge on any atom is -0.508 e. The lowest BCUT2D eigenvalue weighted by Crippen LogP contribution is -2.49. The Balaban J connectivity index is 2.11. The molecule has 21 heavy (non-hydrogen) atoms. The number of rotatable bonds is 1. The molecule has 1 aromatic carbocycles. The smallest absolute Gasteiger partial charge is 0.127 e. The average molecular weight is 293 g/mol. The minimum absolute atomic E-state index is 0.0263. The number of phenols is 1. The first-order chi connectivity index (χ1) is 9.77. The van der Waals surface area contributed by atoms with Crippen molar-refractivity contribution in [2.24, 2.45) is 11.3 Å². The molecular weight excluding hydrogens is 269 g/mol. The van der Waals surface area contributed by atoms with Crippen LogP contribution in [0, 0.1) is 17.2 Å². The van der Waals surface area contributed by atoms with E-state index in [2.05, 4.69) is 11.9 Å². The van der Waals surface area contributed by atoms with Gasteiger partial charge in [-0.2, -0.15) is 0 Å². The number of halogens is 1.